The van der Waals surface area contributed by atoms with Crippen molar-refractivity contribution in [3.63, 3.8) is 0 Å². The van der Waals surface area contributed by atoms with E-state index < -0.39 is 5.60 Å². The van der Waals surface area contributed by atoms with Crippen LogP contribution in [0.4, 0.5) is 0 Å². The van der Waals surface area contributed by atoms with Gasteiger partial charge in [0.15, 0.2) is 0 Å². The quantitative estimate of drug-likeness (QED) is 0.767. The molecule has 78 valence electrons. The molecule has 14 heavy (non-hydrogen) atoms. The lowest BCUT2D eigenvalue weighted by Crippen LogP contribution is -2.31. The molecule has 2 N–H and O–H groups in total. The first-order valence-corrected chi connectivity index (χ1v) is 4.83. The molecule has 0 aromatic heterocycles. The summed E-state index contributed by atoms with van der Waals surface area (Å²) in [5.74, 6) is 0. The SMILES string of the molecule is Cc1cc(C)cc(CC(C)(O)CO)c1. The molecule has 0 aliphatic carbocycles. The van der Waals surface area contributed by atoms with Crippen LogP contribution in [0.5, 0.6) is 0 Å². The normalized spacial score (nSPS) is 15.2. The molecule has 2 nitrogen and oxygen atoms in total. The van der Waals surface area contributed by atoms with Crippen LogP contribution in [0.2, 0.25) is 0 Å². The zero-order valence-electron chi connectivity index (χ0n) is 9.04. The Hall–Kier alpha value is -0.860. The molecule has 0 fully saturated rings. The van der Waals surface area contributed by atoms with Crippen molar-refractivity contribution in [3.8, 4) is 0 Å². The summed E-state index contributed by atoms with van der Waals surface area (Å²) in [7, 11) is 0. The molecule has 1 atom stereocenters. The van der Waals surface area contributed by atoms with Crippen LogP contribution in [-0.2, 0) is 6.42 Å². The molecule has 0 bridgehead atoms. The predicted octanol–water partition coefficient (Wildman–Crippen LogP) is 1.59. The molecule has 1 rings (SSSR count). The number of hydrogen-bond donors (Lipinski definition) is 2. The summed E-state index contributed by atoms with van der Waals surface area (Å²) >= 11 is 0. The van der Waals surface area contributed by atoms with Gasteiger partial charge in [0, 0.05) is 6.42 Å². The fourth-order valence-corrected chi connectivity index (χ4v) is 1.67. The lowest BCUT2D eigenvalue weighted by Gasteiger charge is -2.20. The smallest absolute Gasteiger partial charge is 0.0889 e. The van der Waals surface area contributed by atoms with Crippen LogP contribution in [-0.4, -0.2) is 22.4 Å². The number of benzene rings is 1. The number of aliphatic hydroxyl groups excluding tert-OH is 1. The minimum absolute atomic E-state index is 0.208. The highest BCUT2D eigenvalue weighted by atomic mass is 16.3. The Bertz CT molecular complexity index is 296. The van der Waals surface area contributed by atoms with Crippen LogP contribution < -0.4 is 0 Å². The lowest BCUT2D eigenvalue weighted by atomic mass is 9.95. The van der Waals surface area contributed by atoms with Crippen molar-refractivity contribution in [3.05, 3.63) is 34.9 Å². The van der Waals surface area contributed by atoms with Crippen molar-refractivity contribution in [2.45, 2.75) is 32.8 Å². The Morgan fingerprint density at radius 2 is 1.64 bits per heavy atom. The van der Waals surface area contributed by atoms with Gasteiger partial charge in [-0.3, -0.25) is 0 Å². The molecule has 0 radical (unpaired) electrons. The maximum atomic E-state index is 9.71. The van der Waals surface area contributed by atoms with Crippen LogP contribution in [0.1, 0.15) is 23.6 Å². The van der Waals surface area contributed by atoms with Gasteiger partial charge < -0.3 is 10.2 Å². The van der Waals surface area contributed by atoms with Gasteiger partial charge >= 0.3 is 0 Å². The number of hydrogen-bond acceptors (Lipinski definition) is 2. The van der Waals surface area contributed by atoms with Crippen molar-refractivity contribution in [1.29, 1.82) is 0 Å². The van der Waals surface area contributed by atoms with Gasteiger partial charge in [-0.1, -0.05) is 29.3 Å². The van der Waals surface area contributed by atoms with Gasteiger partial charge in [-0.15, -0.1) is 0 Å². The highest BCUT2D eigenvalue weighted by Crippen LogP contribution is 2.15. The summed E-state index contributed by atoms with van der Waals surface area (Å²) in [4.78, 5) is 0. The zero-order valence-corrected chi connectivity index (χ0v) is 9.04. The third-order valence-electron chi connectivity index (χ3n) is 2.21. The molecule has 0 aliphatic heterocycles. The molecule has 0 amide bonds. The molecule has 1 aromatic carbocycles. The monoisotopic (exact) mass is 194 g/mol. The molecule has 0 aliphatic rings. The van der Waals surface area contributed by atoms with Crippen LogP contribution in [0.3, 0.4) is 0 Å². The van der Waals surface area contributed by atoms with Crippen LogP contribution >= 0.6 is 0 Å². The summed E-state index contributed by atoms with van der Waals surface area (Å²) in [6.07, 6.45) is 0.492. The molecule has 0 heterocycles. The Morgan fingerprint density at radius 3 is 2.07 bits per heavy atom. The van der Waals surface area contributed by atoms with E-state index in [0.717, 1.165) is 5.56 Å². The second-order valence-corrected chi connectivity index (χ2v) is 4.33. The largest absolute Gasteiger partial charge is 0.393 e. The fraction of sp³-hybridized carbons (Fsp3) is 0.500. The van der Waals surface area contributed by atoms with E-state index in [2.05, 4.69) is 6.07 Å². The lowest BCUT2D eigenvalue weighted by molar-refractivity contribution is 0.00231. The molecule has 0 saturated carbocycles. The Kier molecular flexibility index (Phi) is 3.29. The van der Waals surface area contributed by atoms with Crippen LogP contribution in [0.15, 0.2) is 18.2 Å². The maximum Gasteiger partial charge on any atom is 0.0889 e. The van der Waals surface area contributed by atoms with Gasteiger partial charge in [-0.2, -0.15) is 0 Å². The molecular weight excluding hydrogens is 176 g/mol. The molecule has 0 saturated heterocycles. The third-order valence-corrected chi connectivity index (χ3v) is 2.21. The van der Waals surface area contributed by atoms with E-state index in [1.165, 1.54) is 11.1 Å². The third kappa shape index (κ3) is 3.13. The average molecular weight is 194 g/mol. The van der Waals surface area contributed by atoms with Crippen LogP contribution in [0.25, 0.3) is 0 Å². The van der Waals surface area contributed by atoms with Gasteiger partial charge in [0.1, 0.15) is 0 Å². The zero-order chi connectivity index (χ0) is 10.8. The number of rotatable bonds is 3. The van der Waals surface area contributed by atoms with E-state index in [4.69, 9.17) is 5.11 Å². The molecule has 2 heteroatoms. The van der Waals surface area contributed by atoms with Crippen molar-refractivity contribution < 1.29 is 10.2 Å². The molecule has 1 unspecified atom stereocenters. The summed E-state index contributed by atoms with van der Waals surface area (Å²) in [5, 5.41) is 18.7. The standard InChI is InChI=1S/C12H18O2/c1-9-4-10(2)6-11(5-9)7-12(3,14)8-13/h4-6,13-14H,7-8H2,1-3H3. The van der Waals surface area contributed by atoms with E-state index in [9.17, 15) is 5.11 Å². The summed E-state index contributed by atoms with van der Waals surface area (Å²) in [6, 6.07) is 6.17. The van der Waals surface area contributed by atoms with Crippen molar-refractivity contribution in [2.75, 3.05) is 6.61 Å². The summed E-state index contributed by atoms with van der Waals surface area (Å²) in [5.41, 5.74) is 2.43. The minimum Gasteiger partial charge on any atom is -0.393 e. The second-order valence-electron chi connectivity index (χ2n) is 4.33. The van der Waals surface area contributed by atoms with Crippen molar-refractivity contribution in [2.24, 2.45) is 0 Å². The molecular formula is C12H18O2. The predicted molar refractivity (Wildman–Crippen MR) is 57.3 cm³/mol. The minimum atomic E-state index is -1.01. The Morgan fingerprint density at radius 1 is 1.14 bits per heavy atom. The number of aliphatic hydroxyl groups is 2. The van der Waals surface area contributed by atoms with E-state index in [0.29, 0.717) is 6.42 Å². The van der Waals surface area contributed by atoms with Crippen molar-refractivity contribution >= 4 is 0 Å². The van der Waals surface area contributed by atoms with E-state index in [1.54, 1.807) is 6.92 Å². The van der Waals surface area contributed by atoms with Crippen LogP contribution in [0, 0.1) is 13.8 Å². The Balaban J connectivity index is 2.87. The fourth-order valence-electron chi connectivity index (χ4n) is 1.67. The van der Waals surface area contributed by atoms with Gasteiger partial charge in [0.05, 0.1) is 12.2 Å². The van der Waals surface area contributed by atoms with Gasteiger partial charge in [0.2, 0.25) is 0 Å². The first kappa shape index (κ1) is 11.2. The van der Waals surface area contributed by atoms with E-state index in [1.807, 2.05) is 26.0 Å². The van der Waals surface area contributed by atoms with E-state index >= 15 is 0 Å². The maximum absolute atomic E-state index is 9.71. The highest BCUT2D eigenvalue weighted by Gasteiger charge is 2.19. The summed E-state index contributed by atoms with van der Waals surface area (Å²) in [6.45, 7) is 5.50. The van der Waals surface area contributed by atoms with Gasteiger partial charge in [-0.05, 0) is 26.3 Å². The van der Waals surface area contributed by atoms with Gasteiger partial charge in [0.25, 0.3) is 0 Å². The van der Waals surface area contributed by atoms with Crippen molar-refractivity contribution in [1.82, 2.24) is 0 Å². The first-order chi connectivity index (χ1) is 6.43. The highest BCUT2D eigenvalue weighted by molar-refractivity contribution is 5.29. The molecule has 0 spiro atoms. The average Bonchev–Trinajstić information content (AvgIpc) is 2.01. The second kappa shape index (κ2) is 4.11. The first-order valence-electron chi connectivity index (χ1n) is 4.83. The topological polar surface area (TPSA) is 40.5 Å². The van der Waals surface area contributed by atoms with Gasteiger partial charge in [-0.25, -0.2) is 0 Å². The number of aryl methyl sites for hydroxylation is 2. The Labute approximate surface area is 85.2 Å². The molecule has 1 aromatic rings. The van der Waals surface area contributed by atoms with E-state index in [-0.39, 0.29) is 6.61 Å². The summed E-state index contributed by atoms with van der Waals surface area (Å²) < 4.78 is 0.